The molecule has 0 aliphatic rings. The van der Waals surface area contributed by atoms with Gasteiger partial charge in [-0.3, -0.25) is 9.79 Å². The number of halogens is 3. The molecule has 0 radical (unpaired) electrons. The highest BCUT2D eigenvalue weighted by Gasteiger charge is 2.08. The van der Waals surface area contributed by atoms with Crippen LogP contribution in [-0.2, 0) is 12.3 Å². The second-order valence-electron chi connectivity index (χ2n) is 6.42. The van der Waals surface area contributed by atoms with Crippen LogP contribution in [0.2, 0.25) is 0 Å². The number of guanidine groups is 1. The number of nitrogens with zero attached hydrogens (tertiary/aromatic N) is 1. The van der Waals surface area contributed by atoms with Gasteiger partial charge in [-0.2, -0.15) is 11.8 Å². The number of amides is 1. The highest BCUT2D eigenvalue weighted by molar-refractivity contribution is 14.0. The summed E-state index contributed by atoms with van der Waals surface area (Å²) < 4.78 is 27.0. The Morgan fingerprint density at radius 3 is 2.43 bits per heavy atom. The van der Waals surface area contributed by atoms with E-state index in [-0.39, 0.29) is 41.3 Å². The van der Waals surface area contributed by atoms with Gasteiger partial charge in [0.15, 0.2) is 5.96 Å². The fourth-order valence-electron chi connectivity index (χ4n) is 2.65. The van der Waals surface area contributed by atoms with Gasteiger partial charge in [0.05, 0.1) is 0 Å². The molecular formula is C21H27F2IN4OS. The Morgan fingerprint density at radius 2 is 1.77 bits per heavy atom. The van der Waals surface area contributed by atoms with E-state index in [1.165, 1.54) is 12.1 Å². The molecule has 3 N–H and O–H groups in total. The second-order valence-corrected chi connectivity index (χ2v) is 7.28. The lowest BCUT2D eigenvalue weighted by atomic mass is 10.1. The number of carbonyl (C=O) groups excluding carboxylic acids is 1. The predicted octanol–water partition coefficient (Wildman–Crippen LogP) is 3.85. The minimum atomic E-state index is -0.401. The normalized spacial score (nSPS) is 10.9. The molecule has 0 saturated carbocycles. The third kappa shape index (κ3) is 8.10. The largest absolute Gasteiger partial charge is 0.355 e. The van der Waals surface area contributed by atoms with E-state index in [1.807, 2.05) is 6.26 Å². The summed E-state index contributed by atoms with van der Waals surface area (Å²) >= 11 is 1.63. The number of nitrogens with one attached hydrogen (secondary N) is 3. The van der Waals surface area contributed by atoms with Gasteiger partial charge < -0.3 is 16.0 Å². The average molecular weight is 548 g/mol. The zero-order valence-corrected chi connectivity index (χ0v) is 20.4. The summed E-state index contributed by atoms with van der Waals surface area (Å²) in [5.74, 6) is 0.320. The third-order valence-corrected chi connectivity index (χ3v) is 4.87. The maximum Gasteiger partial charge on any atom is 0.251 e. The topological polar surface area (TPSA) is 65.5 Å². The molecule has 0 heterocycles. The van der Waals surface area contributed by atoms with Crippen molar-refractivity contribution in [2.45, 2.75) is 19.2 Å². The van der Waals surface area contributed by atoms with Crippen molar-refractivity contribution in [2.24, 2.45) is 4.99 Å². The summed E-state index contributed by atoms with van der Waals surface area (Å²) in [5.41, 5.74) is 2.73. The summed E-state index contributed by atoms with van der Waals surface area (Å²) in [4.78, 5) is 16.2. The molecule has 0 atom stereocenters. The fraction of sp³-hybridized carbons (Fsp3) is 0.333. The lowest BCUT2D eigenvalue weighted by Gasteiger charge is -2.14. The first-order chi connectivity index (χ1) is 13.9. The van der Waals surface area contributed by atoms with E-state index in [0.29, 0.717) is 31.2 Å². The molecule has 164 valence electrons. The molecule has 5 nitrogen and oxygen atoms in total. The number of aliphatic imine (C=N–C) groups is 1. The Bertz CT molecular complexity index is 880. The van der Waals surface area contributed by atoms with Gasteiger partial charge in [-0.05, 0) is 54.1 Å². The van der Waals surface area contributed by atoms with Crippen LogP contribution in [0.1, 0.15) is 27.0 Å². The Labute approximate surface area is 197 Å². The molecular weight excluding hydrogens is 521 g/mol. The number of thioether (sulfide) groups is 1. The Balaban J connectivity index is 0.00000450. The fourth-order valence-corrected chi connectivity index (χ4v) is 3.23. The smallest absolute Gasteiger partial charge is 0.251 e. The summed E-state index contributed by atoms with van der Waals surface area (Å²) in [5, 5.41) is 9.02. The standard InChI is InChI=1S/C21H26F2N4OS.HI/c1-14-4-5-15(11-19(14)23)20(28)25-8-9-26-21(24-2)27-12-16-6-7-18(22)10-17(16)13-29-3;/h4-7,10-11H,8-9,12-13H2,1-3H3,(H,25,28)(H2,24,26,27);1H. The minimum absolute atomic E-state index is 0. The highest BCUT2D eigenvalue weighted by atomic mass is 127. The van der Waals surface area contributed by atoms with Gasteiger partial charge in [0.1, 0.15) is 11.6 Å². The number of benzene rings is 2. The molecule has 2 aromatic carbocycles. The van der Waals surface area contributed by atoms with Gasteiger partial charge in [0.2, 0.25) is 0 Å². The van der Waals surface area contributed by atoms with E-state index in [9.17, 15) is 13.6 Å². The zero-order valence-electron chi connectivity index (χ0n) is 17.2. The lowest BCUT2D eigenvalue weighted by molar-refractivity contribution is 0.0954. The van der Waals surface area contributed by atoms with Gasteiger partial charge >= 0.3 is 0 Å². The first-order valence-electron chi connectivity index (χ1n) is 9.19. The molecule has 0 unspecified atom stereocenters. The van der Waals surface area contributed by atoms with E-state index in [4.69, 9.17) is 0 Å². The zero-order chi connectivity index (χ0) is 21.2. The van der Waals surface area contributed by atoms with Crippen LogP contribution in [0.5, 0.6) is 0 Å². The molecule has 0 aliphatic carbocycles. The SMILES string of the molecule is CN=C(NCCNC(=O)c1ccc(C)c(F)c1)NCc1ccc(F)cc1CSC.I. The summed E-state index contributed by atoms with van der Waals surface area (Å²) in [6, 6.07) is 9.16. The van der Waals surface area contributed by atoms with Crippen molar-refractivity contribution < 1.29 is 13.6 Å². The van der Waals surface area contributed by atoms with Crippen LogP contribution in [0, 0.1) is 18.6 Å². The van der Waals surface area contributed by atoms with Gasteiger partial charge in [0.25, 0.3) is 5.91 Å². The molecule has 0 fully saturated rings. The third-order valence-electron chi connectivity index (χ3n) is 4.28. The van der Waals surface area contributed by atoms with Crippen LogP contribution in [-0.4, -0.2) is 38.3 Å². The number of hydrogen-bond acceptors (Lipinski definition) is 3. The van der Waals surface area contributed by atoms with Crippen molar-refractivity contribution in [3.63, 3.8) is 0 Å². The highest BCUT2D eigenvalue weighted by Crippen LogP contribution is 2.16. The molecule has 0 spiro atoms. The van der Waals surface area contributed by atoms with E-state index in [1.54, 1.807) is 50.0 Å². The van der Waals surface area contributed by atoms with Gasteiger partial charge in [-0.15, -0.1) is 24.0 Å². The van der Waals surface area contributed by atoms with Crippen molar-refractivity contribution in [3.8, 4) is 0 Å². The van der Waals surface area contributed by atoms with Crippen molar-refractivity contribution in [3.05, 3.63) is 70.3 Å². The summed E-state index contributed by atoms with van der Waals surface area (Å²) in [6.07, 6.45) is 1.97. The van der Waals surface area contributed by atoms with E-state index < -0.39 is 5.82 Å². The number of carbonyl (C=O) groups is 1. The second kappa shape index (κ2) is 13.4. The van der Waals surface area contributed by atoms with E-state index >= 15 is 0 Å². The first-order valence-corrected chi connectivity index (χ1v) is 10.6. The molecule has 2 rings (SSSR count). The number of hydrogen-bond donors (Lipinski definition) is 3. The Kier molecular flexibility index (Phi) is 11.7. The minimum Gasteiger partial charge on any atom is -0.355 e. The summed E-state index contributed by atoms with van der Waals surface area (Å²) in [7, 11) is 1.65. The molecule has 0 bridgehead atoms. The summed E-state index contributed by atoms with van der Waals surface area (Å²) in [6.45, 7) is 2.95. The van der Waals surface area contributed by atoms with E-state index in [0.717, 1.165) is 16.9 Å². The van der Waals surface area contributed by atoms with Crippen LogP contribution in [0.15, 0.2) is 41.4 Å². The molecule has 0 saturated heterocycles. The maximum atomic E-state index is 13.6. The molecule has 30 heavy (non-hydrogen) atoms. The van der Waals surface area contributed by atoms with E-state index in [2.05, 4.69) is 20.9 Å². The molecule has 0 aliphatic heterocycles. The number of rotatable bonds is 8. The Morgan fingerprint density at radius 1 is 1.03 bits per heavy atom. The van der Waals surface area contributed by atoms with Crippen LogP contribution >= 0.6 is 35.7 Å². The monoisotopic (exact) mass is 548 g/mol. The van der Waals surface area contributed by atoms with Crippen LogP contribution in [0.3, 0.4) is 0 Å². The lowest BCUT2D eigenvalue weighted by Crippen LogP contribution is -2.41. The molecule has 2 aromatic rings. The van der Waals surface area contributed by atoms with Crippen molar-refractivity contribution in [2.75, 3.05) is 26.4 Å². The number of aryl methyl sites for hydroxylation is 1. The van der Waals surface area contributed by atoms with Crippen molar-refractivity contribution in [1.29, 1.82) is 0 Å². The average Bonchev–Trinajstić information content (AvgIpc) is 2.70. The van der Waals surface area contributed by atoms with Crippen LogP contribution < -0.4 is 16.0 Å². The van der Waals surface area contributed by atoms with Gasteiger partial charge in [-0.25, -0.2) is 8.78 Å². The van der Waals surface area contributed by atoms with Crippen molar-refractivity contribution >= 4 is 47.6 Å². The molecule has 0 aromatic heterocycles. The van der Waals surface area contributed by atoms with Gasteiger partial charge in [-0.1, -0.05) is 12.1 Å². The molecule has 1 amide bonds. The van der Waals surface area contributed by atoms with Crippen molar-refractivity contribution in [1.82, 2.24) is 16.0 Å². The van der Waals surface area contributed by atoms with Crippen LogP contribution in [0.25, 0.3) is 0 Å². The maximum absolute atomic E-state index is 13.6. The van der Waals surface area contributed by atoms with Gasteiger partial charge in [0, 0.05) is 38.0 Å². The van der Waals surface area contributed by atoms with Crippen LogP contribution in [0.4, 0.5) is 8.78 Å². The first kappa shape index (κ1) is 26.2. The quantitative estimate of drug-likeness (QED) is 0.203. The molecule has 9 heteroatoms. The Hall–Kier alpha value is -1.88. The predicted molar refractivity (Wildman–Crippen MR) is 131 cm³/mol.